The topological polar surface area (TPSA) is 69.6 Å². The summed E-state index contributed by atoms with van der Waals surface area (Å²) in [6.45, 7) is 0.615. The monoisotopic (exact) mass is 249 g/mol. The van der Waals surface area contributed by atoms with Crippen LogP contribution in [0.25, 0.3) is 0 Å². The third-order valence-electron chi connectivity index (χ3n) is 3.64. The molecule has 4 nitrogen and oxygen atoms in total. The Labute approximate surface area is 107 Å². The average molecular weight is 249 g/mol. The number of rotatable bonds is 5. The van der Waals surface area contributed by atoms with Crippen LogP contribution in [0.15, 0.2) is 24.3 Å². The van der Waals surface area contributed by atoms with Gasteiger partial charge in [-0.3, -0.25) is 4.79 Å². The Balaban J connectivity index is 2.16. The molecule has 1 aromatic carbocycles. The van der Waals surface area contributed by atoms with E-state index in [1.54, 1.807) is 0 Å². The maximum Gasteiger partial charge on any atom is 0.324 e. The first-order valence-electron chi connectivity index (χ1n) is 6.34. The Kier molecular flexibility index (Phi) is 3.99. The second-order valence-corrected chi connectivity index (χ2v) is 4.84. The highest BCUT2D eigenvalue weighted by Gasteiger charge is 2.40. The molecule has 0 bridgehead atoms. The fraction of sp³-hybridized carbons (Fsp3) is 0.500. The van der Waals surface area contributed by atoms with E-state index in [1.165, 1.54) is 5.56 Å². The first-order valence-corrected chi connectivity index (χ1v) is 6.34. The van der Waals surface area contributed by atoms with Crippen molar-refractivity contribution >= 4 is 5.97 Å². The van der Waals surface area contributed by atoms with Crippen LogP contribution in [0, 0.1) is 0 Å². The lowest BCUT2D eigenvalue weighted by Gasteiger charge is -2.35. The van der Waals surface area contributed by atoms with Crippen LogP contribution < -0.4 is 5.32 Å². The number of aryl methyl sites for hydroxylation is 1. The van der Waals surface area contributed by atoms with Crippen LogP contribution in [0.1, 0.15) is 24.0 Å². The van der Waals surface area contributed by atoms with Crippen molar-refractivity contribution in [3.8, 4) is 0 Å². The van der Waals surface area contributed by atoms with Gasteiger partial charge in [0.2, 0.25) is 0 Å². The van der Waals surface area contributed by atoms with Crippen LogP contribution in [-0.4, -0.2) is 34.9 Å². The van der Waals surface area contributed by atoms with Crippen molar-refractivity contribution in [1.82, 2.24) is 5.32 Å². The van der Waals surface area contributed by atoms with E-state index in [2.05, 4.69) is 11.4 Å². The molecule has 0 aliphatic heterocycles. The molecule has 18 heavy (non-hydrogen) atoms. The molecule has 2 rings (SSSR count). The summed E-state index contributed by atoms with van der Waals surface area (Å²) in [7, 11) is 0. The standard InChI is InChI=1S/C14H19NO3/c16-9-3-8-15-14(13(17)18)7-6-11-4-1-2-5-12(11)10-14/h1-2,4-5,15-16H,3,6-10H2,(H,17,18). The third-order valence-corrected chi connectivity index (χ3v) is 3.64. The number of nitrogens with one attached hydrogen (secondary N) is 1. The summed E-state index contributed by atoms with van der Waals surface area (Å²) in [6.07, 6.45) is 2.49. The smallest absolute Gasteiger partial charge is 0.324 e. The van der Waals surface area contributed by atoms with E-state index in [0.29, 0.717) is 25.8 Å². The molecule has 1 aliphatic rings. The highest BCUT2D eigenvalue weighted by atomic mass is 16.4. The minimum absolute atomic E-state index is 0.0826. The summed E-state index contributed by atoms with van der Waals surface area (Å²) in [5, 5.41) is 21.4. The molecule has 1 aromatic rings. The quantitative estimate of drug-likeness (QED) is 0.680. The van der Waals surface area contributed by atoms with Crippen LogP contribution >= 0.6 is 0 Å². The summed E-state index contributed by atoms with van der Waals surface area (Å²) in [5.74, 6) is -0.796. The summed E-state index contributed by atoms with van der Waals surface area (Å²) in [4.78, 5) is 11.6. The summed E-state index contributed by atoms with van der Waals surface area (Å²) < 4.78 is 0. The van der Waals surface area contributed by atoms with E-state index < -0.39 is 11.5 Å². The third kappa shape index (κ3) is 2.54. The van der Waals surface area contributed by atoms with Gasteiger partial charge in [0.25, 0.3) is 0 Å². The fourth-order valence-electron chi connectivity index (χ4n) is 2.55. The molecular formula is C14H19NO3. The van der Waals surface area contributed by atoms with Gasteiger partial charge in [-0.1, -0.05) is 24.3 Å². The molecule has 4 heteroatoms. The Hall–Kier alpha value is -1.39. The van der Waals surface area contributed by atoms with Gasteiger partial charge in [-0.25, -0.2) is 0 Å². The number of fused-ring (bicyclic) bond motifs is 1. The molecule has 0 saturated heterocycles. The van der Waals surface area contributed by atoms with Gasteiger partial charge >= 0.3 is 5.97 Å². The molecule has 0 saturated carbocycles. The molecule has 1 aliphatic carbocycles. The van der Waals surface area contributed by atoms with Gasteiger partial charge in [-0.15, -0.1) is 0 Å². The molecule has 0 amide bonds. The van der Waals surface area contributed by atoms with Crippen LogP contribution in [0.4, 0.5) is 0 Å². The van der Waals surface area contributed by atoms with E-state index in [-0.39, 0.29) is 6.61 Å². The number of aliphatic hydroxyl groups excluding tert-OH is 1. The molecule has 0 radical (unpaired) electrons. The second kappa shape index (κ2) is 5.50. The highest BCUT2D eigenvalue weighted by Crippen LogP contribution is 2.29. The number of carboxylic acid groups (broad SMARTS) is 1. The molecule has 1 atom stereocenters. The lowest BCUT2D eigenvalue weighted by atomic mass is 9.78. The zero-order valence-electron chi connectivity index (χ0n) is 10.4. The molecule has 0 heterocycles. The number of aliphatic hydroxyl groups is 1. The van der Waals surface area contributed by atoms with Crippen LogP contribution in [-0.2, 0) is 17.6 Å². The number of carbonyl (C=O) groups is 1. The van der Waals surface area contributed by atoms with E-state index >= 15 is 0 Å². The Morgan fingerprint density at radius 3 is 2.72 bits per heavy atom. The van der Waals surface area contributed by atoms with E-state index in [4.69, 9.17) is 5.11 Å². The van der Waals surface area contributed by atoms with Gasteiger partial charge in [0, 0.05) is 13.0 Å². The van der Waals surface area contributed by atoms with Crippen molar-refractivity contribution in [3.05, 3.63) is 35.4 Å². The van der Waals surface area contributed by atoms with Crippen molar-refractivity contribution in [3.63, 3.8) is 0 Å². The molecule has 3 N–H and O–H groups in total. The minimum atomic E-state index is -0.872. The van der Waals surface area contributed by atoms with Crippen molar-refractivity contribution in [1.29, 1.82) is 0 Å². The Morgan fingerprint density at radius 1 is 1.33 bits per heavy atom. The first-order chi connectivity index (χ1) is 8.68. The summed E-state index contributed by atoms with van der Waals surface area (Å²) >= 11 is 0. The van der Waals surface area contributed by atoms with Crippen molar-refractivity contribution in [2.75, 3.05) is 13.2 Å². The molecule has 0 fully saturated rings. The van der Waals surface area contributed by atoms with E-state index in [1.807, 2.05) is 18.2 Å². The summed E-state index contributed by atoms with van der Waals surface area (Å²) in [6, 6.07) is 8.00. The Bertz CT molecular complexity index is 433. The zero-order chi connectivity index (χ0) is 13.0. The van der Waals surface area contributed by atoms with Gasteiger partial charge < -0.3 is 15.5 Å². The molecule has 98 valence electrons. The number of hydrogen-bond acceptors (Lipinski definition) is 3. The molecular weight excluding hydrogens is 230 g/mol. The maximum absolute atomic E-state index is 11.6. The predicted molar refractivity (Wildman–Crippen MR) is 68.5 cm³/mol. The van der Waals surface area contributed by atoms with Gasteiger partial charge in [0.05, 0.1) is 0 Å². The van der Waals surface area contributed by atoms with E-state index in [9.17, 15) is 9.90 Å². The maximum atomic E-state index is 11.6. The molecule has 1 unspecified atom stereocenters. The zero-order valence-corrected chi connectivity index (χ0v) is 10.4. The first kappa shape index (κ1) is 13.1. The minimum Gasteiger partial charge on any atom is -0.480 e. The number of aliphatic carboxylic acids is 1. The molecule has 0 spiro atoms. The van der Waals surface area contributed by atoms with Crippen LogP contribution in [0.3, 0.4) is 0 Å². The lowest BCUT2D eigenvalue weighted by Crippen LogP contribution is -2.56. The van der Waals surface area contributed by atoms with Crippen molar-refractivity contribution < 1.29 is 15.0 Å². The Morgan fingerprint density at radius 2 is 2.06 bits per heavy atom. The summed E-state index contributed by atoms with van der Waals surface area (Å²) in [5.41, 5.74) is 1.49. The lowest BCUT2D eigenvalue weighted by molar-refractivity contribution is -0.145. The molecule has 0 aromatic heterocycles. The predicted octanol–water partition coefficient (Wildman–Crippen LogP) is 0.971. The largest absolute Gasteiger partial charge is 0.480 e. The number of carboxylic acids is 1. The SMILES string of the molecule is O=C(O)C1(NCCCO)CCc2ccccc2C1. The highest BCUT2D eigenvalue weighted by molar-refractivity contribution is 5.80. The second-order valence-electron chi connectivity index (χ2n) is 4.84. The van der Waals surface area contributed by atoms with Gasteiger partial charge in [-0.05, 0) is 36.9 Å². The normalized spacial score (nSPS) is 22.5. The van der Waals surface area contributed by atoms with Gasteiger partial charge in [-0.2, -0.15) is 0 Å². The van der Waals surface area contributed by atoms with Gasteiger partial charge in [0.15, 0.2) is 0 Å². The fourth-order valence-corrected chi connectivity index (χ4v) is 2.55. The number of hydrogen-bond donors (Lipinski definition) is 3. The van der Waals surface area contributed by atoms with Gasteiger partial charge in [0.1, 0.15) is 5.54 Å². The van der Waals surface area contributed by atoms with Crippen molar-refractivity contribution in [2.45, 2.75) is 31.2 Å². The van der Waals surface area contributed by atoms with Crippen LogP contribution in [0.2, 0.25) is 0 Å². The van der Waals surface area contributed by atoms with Crippen LogP contribution in [0.5, 0.6) is 0 Å². The van der Waals surface area contributed by atoms with Crippen molar-refractivity contribution in [2.24, 2.45) is 0 Å². The average Bonchev–Trinajstić information content (AvgIpc) is 2.38. The van der Waals surface area contributed by atoms with E-state index in [0.717, 1.165) is 12.0 Å². The number of benzene rings is 1.